The molecule has 0 spiro atoms. The van der Waals surface area contributed by atoms with Crippen molar-refractivity contribution in [2.45, 2.75) is 13.5 Å². The highest BCUT2D eigenvalue weighted by molar-refractivity contribution is 6.35. The highest BCUT2D eigenvalue weighted by atomic mass is 35.5. The molecule has 0 radical (unpaired) electrons. The normalized spacial score (nSPS) is 10.5. The number of benzene rings is 1. The van der Waals surface area contributed by atoms with Crippen LogP contribution >= 0.6 is 11.6 Å². The van der Waals surface area contributed by atoms with Gasteiger partial charge in [0.05, 0.1) is 28.3 Å². The summed E-state index contributed by atoms with van der Waals surface area (Å²) in [6.07, 6.45) is 1.48. The van der Waals surface area contributed by atoms with Crippen LogP contribution < -0.4 is 11.1 Å². The summed E-state index contributed by atoms with van der Waals surface area (Å²) in [6.45, 7) is 2.20. The van der Waals surface area contributed by atoms with Crippen molar-refractivity contribution in [1.29, 1.82) is 5.26 Å². The standard InChI is InChI=1S/C17H13ClN4O2/c1-9-4-12-15(10(6-19)7-21-16(12)13(18)5-9)22-8-11-2-3-14(24-11)17(20)23/h2-5,7H,8H2,1H3,(H2,20,23)(H,21,22). The molecule has 0 saturated carbocycles. The zero-order chi connectivity index (χ0) is 17.3. The van der Waals surface area contributed by atoms with Crippen molar-refractivity contribution in [3.63, 3.8) is 0 Å². The first-order chi connectivity index (χ1) is 11.5. The van der Waals surface area contributed by atoms with Gasteiger partial charge in [0.2, 0.25) is 0 Å². The van der Waals surface area contributed by atoms with Crippen LogP contribution in [0.4, 0.5) is 5.69 Å². The number of hydrogen-bond donors (Lipinski definition) is 2. The zero-order valence-electron chi connectivity index (χ0n) is 12.8. The Bertz CT molecular complexity index is 988. The van der Waals surface area contributed by atoms with Gasteiger partial charge < -0.3 is 15.5 Å². The fourth-order valence-corrected chi connectivity index (χ4v) is 2.77. The van der Waals surface area contributed by atoms with Gasteiger partial charge in [-0.15, -0.1) is 0 Å². The molecule has 0 bridgehead atoms. The van der Waals surface area contributed by atoms with Gasteiger partial charge in [-0.25, -0.2) is 0 Å². The van der Waals surface area contributed by atoms with E-state index in [4.69, 9.17) is 21.8 Å². The smallest absolute Gasteiger partial charge is 0.284 e. The van der Waals surface area contributed by atoms with Crippen molar-refractivity contribution < 1.29 is 9.21 Å². The van der Waals surface area contributed by atoms with E-state index < -0.39 is 5.91 Å². The van der Waals surface area contributed by atoms with Gasteiger partial charge in [-0.3, -0.25) is 9.78 Å². The molecule has 24 heavy (non-hydrogen) atoms. The molecule has 3 N–H and O–H groups in total. The molecular weight excluding hydrogens is 328 g/mol. The first kappa shape index (κ1) is 15.8. The molecule has 0 aliphatic heterocycles. The number of anilines is 1. The molecule has 0 saturated heterocycles. The minimum atomic E-state index is -0.629. The SMILES string of the molecule is Cc1cc(Cl)c2ncc(C#N)c(NCc3ccc(C(N)=O)o3)c2c1. The Labute approximate surface area is 142 Å². The van der Waals surface area contributed by atoms with E-state index in [9.17, 15) is 10.1 Å². The number of fused-ring (bicyclic) bond motifs is 1. The molecule has 0 aliphatic rings. The number of rotatable bonds is 4. The summed E-state index contributed by atoms with van der Waals surface area (Å²) >= 11 is 6.24. The van der Waals surface area contributed by atoms with Crippen LogP contribution in [0.15, 0.2) is 34.9 Å². The Hall–Kier alpha value is -3.04. The number of furan rings is 1. The molecule has 0 fully saturated rings. The van der Waals surface area contributed by atoms with Crippen molar-refractivity contribution in [2.75, 3.05) is 5.32 Å². The second kappa shape index (κ2) is 6.22. The maximum absolute atomic E-state index is 11.1. The van der Waals surface area contributed by atoms with Gasteiger partial charge in [-0.05, 0) is 36.8 Å². The average molecular weight is 341 g/mol. The quantitative estimate of drug-likeness (QED) is 0.757. The molecule has 0 aliphatic carbocycles. The second-order valence-corrected chi connectivity index (χ2v) is 5.69. The molecule has 0 atom stereocenters. The Morgan fingerprint density at radius 3 is 2.92 bits per heavy atom. The molecule has 3 rings (SSSR count). The number of primary amides is 1. The Balaban J connectivity index is 2.00. The minimum Gasteiger partial charge on any atom is -0.454 e. The van der Waals surface area contributed by atoms with Gasteiger partial charge in [0, 0.05) is 11.6 Å². The van der Waals surface area contributed by atoms with E-state index >= 15 is 0 Å². The van der Waals surface area contributed by atoms with Gasteiger partial charge in [0.25, 0.3) is 5.91 Å². The third-order valence-electron chi connectivity index (χ3n) is 3.53. The summed E-state index contributed by atoms with van der Waals surface area (Å²) in [5.41, 5.74) is 7.75. The molecule has 2 heterocycles. The third-order valence-corrected chi connectivity index (χ3v) is 3.82. The summed E-state index contributed by atoms with van der Waals surface area (Å²) < 4.78 is 5.34. The molecule has 0 unspecified atom stereocenters. The topological polar surface area (TPSA) is 105 Å². The third kappa shape index (κ3) is 2.90. The molecule has 6 nitrogen and oxygen atoms in total. The van der Waals surface area contributed by atoms with E-state index in [1.165, 1.54) is 12.3 Å². The summed E-state index contributed by atoms with van der Waals surface area (Å²) in [7, 11) is 0. The maximum atomic E-state index is 11.1. The number of carbonyl (C=O) groups is 1. The van der Waals surface area contributed by atoms with Gasteiger partial charge in [-0.1, -0.05) is 11.6 Å². The predicted octanol–water partition coefficient (Wildman–Crippen LogP) is 3.37. The van der Waals surface area contributed by atoms with Crippen LogP contribution in [0.2, 0.25) is 5.02 Å². The number of nitriles is 1. The minimum absolute atomic E-state index is 0.0887. The van der Waals surface area contributed by atoms with Crippen LogP contribution in [0.1, 0.15) is 27.4 Å². The molecular formula is C17H13ClN4O2. The van der Waals surface area contributed by atoms with Crippen molar-refractivity contribution in [2.24, 2.45) is 5.73 Å². The van der Waals surface area contributed by atoms with E-state index in [0.717, 1.165) is 10.9 Å². The van der Waals surface area contributed by atoms with Gasteiger partial charge in [0.1, 0.15) is 11.8 Å². The van der Waals surface area contributed by atoms with Crippen LogP contribution in [-0.2, 0) is 6.54 Å². The van der Waals surface area contributed by atoms with E-state index in [1.807, 2.05) is 19.1 Å². The van der Waals surface area contributed by atoms with E-state index in [1.54, 1.807) is 6.07 Å². The van der Waals surface area contributed by atoms with Crippen LogP contribution in [0.5, 0.6) is 0 Å². The Kier molecular flexibility index (Phi) is 4.11. The van der Waals surface area contributed by atoms with Gasteiger partial charge >= 0.3 is 0 Å². The number of amides is 1. The van der Waals surface area contributed by atoms with Crippen LogP contribution in [-0.4, -0.2) is 10.9 Å². The van der Waals surface area contributed by atoms with E-state index in [-0.39, 0.29) is 12.3 Å². The summed E-state index contributed by atoms with van der Waals surface area (Å²) in [5.74, 6) is -0.0158. The number of nitrogens with two attached hydrogens (primary N) is 1. The number of hydrogen-bond acceptors (Lipinski definition) is 5. The van der Waals surface area contributed by atoms with Gasteiger partial charge in [0.15, 0.2) is 5.76 Å². The summed E-state index contributed by atoms with van der Waals surface area (Å²) in [4.78, 5) is 15.3. The monoisotopic (exact) mass is 340 g/mol. The molecule has 120 valence electrons. The van der Waals surface area contributed by atoms with Crippen molar-refractivity contribution in [3.8, 4) is 6.07 Å². The summed E-state index contributed by atoms with van der Waals surface area (Å²) in [5, 5.41) is 13.8. The number of pyridine rings is 1. The Morgan fingerprint density at radius 2 is 2.25 bits per heavy atom. The lowest BCUT2D eigenvalue weighted by atomic mass is 10.1. The van der Waals surface area contributed by atoms with Crippen molar-refractivity contribution >= 4 is 34.1 Å². The molecule has 1 aromatic carbocycles. The lowest BCUT2D eigenvalue weighted by Crippen LogP contribution is -2.09. The lowest BCUT2D eigenvalue weighted by Gasteiger charge is -2.12. The number of nitrogens with one attached hydrogen (secondary N) is 1. The van der Waals surface area contributed by atoms with E-state index in [2.05, 4.69) is 16.4 Å². The van der Waals surface area contributed by atoms with Crippen LogP contribution in [0.3, 0.4) is 0 Å². The first-order valence-corrected chi connectivity index (χ1v) is 7.48. The number of aryl methyl sites for hydroxylation is 1. The number of halogens is 1. The maximum Gasteiger partial charge on any atom is 0.284 e. The molecule has 7 heteroatoms. The largest absolute Gasteiger partial charge is 0.454 e. The highest BCUT2D eigenvalue weighted by Gasteiger charge is 2.13. The van der Waals surface area contributed by atoms with Gasteiger partial charge in [-0.2, -0.15) is 5.26 Å². The second-order valence-electron chi connectivity index (χ2n) is 5.29. The summed E-state index contributed by atoms with van der Waals surface area (Å²) in [6, 6.07) is 9.01. The fourth-order valence-electron chi connectivity index (χ4n) is 2.45. The molecule has 1 amide bonds. The number of nitrogens with zero attached hydrogens (tertiary/aromatic N) is 2. The van der Waals surface area contributed by atoms with Crippen molar-refractivity contribution in [1.82, 2.24) is 4.98 Å². The average Bonchev–Trinajstić information content (AvgIpc) is 3.01. The van der Waals surface area contributed by atoms with Crippen molar-refractivity contribution in [3.05, 3.63) is 58.1 Å². The highest BCUT2D eigenvalue weighted by Crippen LogP contribution is 2.31. The predicted molar refractivity (Wildman–Crippen MR) is 90.8 cm³/mol. The first-order valence-electron chi connectivity index (χ1n) is 7.11. The van der Waals surface area contributed by atoms with Crippen LogP contribution in [0.25, 0.3) is 10.9 Å². The lowest BCUT2D eigenvalue weighted by molar-refractivity contribution is 0.0972. The number of aromatic nitrogens is 1. The molecule has 3 aromatic rings. The fraction of sp³-hybridized carbons (Fsp3) is 0.118. The van der Waals surface area contributed by atoms with E-state index in [0.29, 0.717) is 27.6 Å². The van der Waals surface area contributed by atoms with Crippen LogP contribution in [0, 0.1) is 18.3 Å². The Morgan fingerprint density at radius 1 is 1.46 bits per heavy atom. The zero-order valence-corrected chi connectivity index (χ0v) is 13.5. The molecule has 2 aromatic heterocycles. The number of carbonyl (C=O) groups excluding carboxylic acids is 1.